The van der Waals surface area contributed by atoms with Gasteiger partial charge in [-0.3, -0.25) is 0 Å². The highest BCUT2D eigenvalue weighted by Crippen LogP contribution is 2.41. The van der Waals surface area contributed by atoms with Gasteiger partial charge in [0.05, 0.1) is 22.0 Å². The van der Waals surface area contributed by atoms with E-state index in [0.717, 1.165) is 15.5 Å². The molecule has 3 nitrogen and oxygen atoms in total. The molecule has 0 aliphatic carbocycles. The number of thioether (sulfide) groups is 1. The molecule has 2 aromatic carbocycles. The molecule has 3 rings (SSSR count). The Morgan fingerprint density at radius 1 is 1.14 bits per heavy atom. The minimum atomic E-state index is 0.187. The van der Waals surface area contributed by atoms with E-state index in [1.54, 1.807) is 12.1 Å². The molecule has 0 spiro atoms. The smallest absolute Gasteiger partial charge is 0.138 e. The molecule has 1 aliphatic rings. The van der Waals surface area contributed by atoms with E-state index in [4.69, 9.17) is 28.9 Å². The average Bonchev–Trinajstić information content (AvgIpc) is 2.43. The van der Waals surface area contributed by atoms with Crippen LogP contribution >= 0.6 is 35.0 Å². The predicted molar refractivity (Wildman–Crippen MR) is 91.2 cm³/mol. The molecular formula is C15H12Cl2N2OS. The molecule has 6 heteroatoms. The molecule has 0 saturated carbocycles. The number of benzene rings is 2. The first kappa shape index (κ1) is 14.4. The summed E-state index contributed by atoms with van der Waals surface area (Å²) in [5, 5.41) is 14.7. The third-order valence-electron chi connectivity index (χ3n) is 3.12. The molecule has 108 valence electrons. The second-order valence-electron chi connectivity index (χ2n) is 4.61. The molecular weight excluding hydrogens is 327 g/mol. The first-order chi connectivity index (χ1) is 10.0. The number of rotatable bonds is 2. The summed E-state index contributed by atoms with van der Waals surface area (Å²) in [6, 6.07) is 10.9. The maximum atomic E-state index is 10.5. The number of fused-ring (bicyclic) bond motifs is 1. The van der Waals surface area contributed by atoms with Gasteiger partial charge in [0.1, 0.15) is 5.76 Å². The first-order valence-electron chi connectivity index (χ1n) is 6.23. The normalized spacial score (nSPS) is 13.8. The van der Waals surface area contributed by atoms with Crippen LogP contribution in [0.25, 0.3) is 5.76 Å². The lowest BCUT2D eigenvalue weighted by Crippen LogP contribution is -2.13. The summed E-state index contributed by atoms with van der Waals surface area (Å²) in [4.78, 5) is 1.80. The summed E-state index contributed by atoms with van der Waals surface area (Å²) < 4.78 is 0. The van der Waals surface area contributed by atoms with Gasteiger partial charge in [-0.2, -0.15) is 0 Å². The van der Waals surface area contributed by atoms with Crippen LogP contribution in [-0.2, 0) is 0 Å². The van der Waals surface area contributed by atoms with Crippen molar-refractivity contribution >= 4 is 52.1 Å². The van der Waals surface area contributed by atoms with E-state index in [-0.39, 0.29) is 5.76 Å². The number of nitrogen functional groups attached to an aromatic ring is 1. The van der Waals surface area contributed by atoms with Gasteiger partial charge in [0.2, 0.25) is 0 Å². The van der Waals surface area contributed by atoms with Crippen LogP contribution in [0.2, 0.25) is 10.0 Å². The van der Waals surface area contributed by atoms with E-state index in [2.05, 4.69) is 5.32 Å². The van der Waals surface area contributed by atoms with Gasteiger partial charge in [-0.25, -0.2) is 0 Å². The number of anilines is 2. The molecule has 0 radical (unpaired) electrons. The Labute approximate surface area is 136 Å². The fourth-order valence-corrected chi connectivity index (χ4v) is 3.60. The van der Waals surface area contributed by atoms with Crippen LogP contribution in [0.15, 0.2) is 46.2 Å². The Balaban J connectivity index is 1.98. The zero-order chi connectivity index (χ0) is 15.0. The lowest BCUT2D eigenvalue weighted by molar-refractivity contribution is 0.508. The highest BCUT2D eigenvalue weighted by Gasteiger charge is 2.22. The van der Waals surface area contributed by atoms with Crippen molar-refractivity contribution in [2.45, 2.75) is 4.90 Å². The predicted octanol–water partition coefficient (Wildman–Crippen LogP) is 5.02. The van der Waals surface area contributed by atoms with Crippen molar-refractivity contribution in [3.63, 3.8) is 0 Å². The molecule has 0 atom stereocenters. The number of nitrogens with two attached hydrogens (primary N) is 1. The quantitative estimate of drug-likeness (QED) is 0.673. The van der Waals surface area contributed by atoms with Gasteiger partial charge < -0.3 is 16.2 Å². The molecule has 0 bridgehead atoms. The van der Waals surface area contributed by atoms with Crippen LogP contribution in [0.1, 0.15) is 5.56 Å². The number of nitrogens with one attached hydrogen (secondary N) is 1. The monoisotopic (exact) mass is 338 g/mol. The highest BCUT2D eigenvalue weighted by molar-refractivity contribution is 8.03. The number of hydrogen-bond acceptors (Lipinski definition) is 4. The number of aliphatic hydroxyl groups is 1. The topological polar surface area (TPSA) is 58.3 Å². The number of aliphatic hydroxyl groups excluding tert-OH is 1. The molecule has 0 aromatic heterocycles. The van der Waals surface area contributed by atoms with E-state index in [1.165, 1.54) is 11.8 Å². The second kappa shape index (κ2) is 5.72. The zero-order valence-corrected chi connectivity index (χ0v) is 13.2. The number of halogens is 2. The average molecular weight is 339 g/mol. The van der Waals surface area contributed by atoms with Crippen molar-refractivity contribution in [1.29, 1.82) is 0 Å². The highest BCUT2D eigenvalue weighted by atomic mass is 35.5. The van der Waals surface area contributed by atoms with Crippen molar-refractivity contribution in [2.24, 2.45) is 0 Å². The van der Waals surface area contributed by atoms with E-state index in [1.807, 2.05) is 24.3 Å². The minimum Gasteiger partial charge on any atom is -0.506 e. The summed E-state index contributed by atoms with van der Waals surface area (Å²) in [7, 11) is 0. The molecule has 0 fully saturated rings. The molecule has 1 aliphatic heterocycles. The van der Waals surface area contributed by atoms with E-state index >= 15 is 0 Å². The lowest BCUT2D eigenvalue weighted by atomic mass is 10.1. The van der Waals surface area contributed by atoms with Crippen molar-refractivity contribution < 1.29 is 5.11 Å². The maximum absolute atomic E-state index is 10.5. The summed E-state index contributed by atoms with van der Waals surface area (Å²) in [6.45, 7) is 0.518. The second-order valence-corrected chi connectivity index (χ2v) is 6.62. The van der Waals surface area contributed by atoms with Crippen LogP contribution in [0.3, 0.4) is 0 Å². The molecule has 0 saturated heterocycles. The van der Waals surface area contributed by atoms with E-state index in [9.17, 15) is 5.11 Å². The van der Waals surface area contributed by atoms with Crippen LogP contribution in [0.5, 0.6) is 0 Å². The lowest BCUT2D eigenvalue weighted by Gasteiger charge is -2.22. The maximum Gasteiger partial charge on any atom is 0.138 e. The van der Waals surface area contributed by atoms with Crippen molar-refractivity contribution in [3.8, 4) is 0 Å². The van der Waals surface area contributed by atoms with Gasteiger partial charge in [0, 0.05) is 21.3 Å². The summed E-state index contributed by atoms with van der Waals surface area (Å²) in [6.07, 6.45) is 0. The van der Waals surface area contributed by atoms with Crippen molar-refractivity contribution in [2.75, 3.05) is 17.6 Å². The fourth-order valence-electron chi connectivity index (χ4n) is 2.11. The third-order valence-corrected chi connectivity index (χ3v) is 4.72. The summed E-state index contributed by atoms with van der Waals surface area (Å²) in [5.41, 5.74) is 7.71. The minimum absolute atomic E-state index is 0.187. The summed E-state index contributed by atoms with van der Waals surface area (Å²) in [5.74, 6) is 0.187. The zero-order valence-electron chi connectivity index (χ0n) is 10.9. The third kappa shape index (κ3) is 2.93. The van der Waals surface area contributed by atoms with Gasteiger partial charge in [0.15, 0.2) is 0 Å². The number of hydrogen-bond donors (Lipinski definition) is 3. The van der Waals surface area contributed by atoms with E-state index in [0.29, 0.717) is 27.8 Å². The van der Waals surface area contributed by atoms with Crippen LogP contribution < -0.4 is 11.1 Å². The Bertz CT molecular complexity index is 729. The Kier molecular flexibility index (Phi) is 3.93. The Morgan fingerprint density at radius 3 is 2.57 bits per heavy atom. The first-order valence-corrected chi connectivity index (χ1v) is 7.80. The molecule has 4 N–H and O–H groups in total. The van der Waals surface area contributed by atoms with Gasteiger partial charge in [-0.15, -0.1) is 0 Å². The fraction of sp³-hybridized carbons (Fsp3) is 0.0667. The van der Waals surface area contributed by atoms with Crippen LogP contribution in [-0.4, -0.2) is 11.7 Å². The van der Waals surface area contributed by atoms with Gasteiger partial charge in [-0.1, -0.05) is 35.0 Å². The van der Waals surface area contributed by atoms with Crippen LogP contribution in [0, 0.1) is 0 Å². The van der Waals surface area contributed by atoms with Crippen molar-refractivity contribution in [1.82, 2.24) is 0 Å². The van der Waals surface area contributed by atoms with Gasteiger partial charge >= 0.3 is 0 Å². The standard InChI is InChI=1S/C15H12Cl2N2OS/c16-8-5-11(17)14-12(6-8)19-7-13(15(14)20)21-10-3-1-9(18)2-4-10/h1-6,19-20H,7,18H2. The summed E-state index contributed by atoms with van der Waals surface area (Å²) >= 11 is 13.6. The SMILES string of the molecule is Nc1ccc(SC2=C(O)c3c(Cl)cc(Cl)cc3NC2)cc1. The molecule has 21 heavy (non-hydrogen) atoms. The Morgan fingerprint density at radius 2 is 1.86 bits per heavy atom. The Hall–Kier alpha value is -1.49. The van der Waals surface area contributed by atoms with Gasteiger partial charge in [-0.05, 0) is 36.4 Å². The molecule has 2 aromatic rings. The van der Waals surface area contributed by atoms with E-state index < -0.39 is 0 Å². The van der Waals surface area contributed by atoms with Crippen molar-refractivity contribution in [3.05, 3.63) is 56.9 Å². The molecule has 0 unspecified atom stereocenters. The van der Waals surface area contributed by atoms with Crippen LogP contribution in [0.4, 0.5) is 11.4 Å². The van der Waals surface area contributed by atoms with Gasteiger partial charge in [0.25, 0.3) is 0 Å². The molecule has 0 amide bonds. The largest absolute Gasteiger partial charge is 0.506 e. The molecule has 1 heterocycles.